The predicted octanol–water partition coefficient (Wildman–Crippen LogP) is 9.71. The van der Waals surface area contributed by atoms with Crippen molar-refractivity contribution in [2.45, 2.75) is 27.7 Å². The van der Waals surface area contributed by atoms with Gasteiger partial charge in [-0.1, -0.05) is 86.3 Å². The van der Waals surface area contributed by atoms with Crippen molar-refractivity contribution in [3.05, 3.63) is 150 Å². The van der Waals surface area contributed by atoms with Gasteiger partial charge >= 0.3 is 42.1 Å². The Kier molecular flexibility index (Phi) is 10.6. The minimum absolute atomic E-state index is 0. The third-order valence-corrected chi connectivity index (χ3v) is 8.40. The van der Waals surface area contributed by atoms with E-state index in [-0.39, 0.29) is 42.1 Å². The first-order valence-corrected chi connectivity index (χ1v) is 15.9. The van der Waals surface area contributed by atoms with Crippen LogP contribution in [0.15, 0.2) is 104 Å². The van der Waals surface area contributed by atoms with Gasteiger partial charge in [-0.15, -0.1) is 58.7 Å². The van der Waals surface area contributed by atoms with E-state index in [2.05, 4.69) is 70.2 Å². The molecule has 0 aliphatic carbocycles. The minimum Gasteiger partial charge on any atom is -0.503 e. The van der Waals surface area contributed by atoms with Gasteiger partial charge in [0, 0.05) is 47.8 Å². The summed E-state index contributed by atoms with van der Waals surface area (Å²) in [5.41, 5.74) is 9.03. The van der Waals surface area contributed by atoms with E-state index in [1.54, 1.807) is 30.9 Å². The summed E-state index contributed by atoms with van der Waals surface area (Å²) in [5.74, 6) is 2.77. The van der Waals surface area contributed by atoms with Crippen molar-refractivity contribution in [2.24, 2.45) is 0 Å². The number of fused-ring (bicyclic) bond motifs is 3. The van der Waals surface area contributed by atoms with Crippen LogP contribution in [0.2, 0.25) is 0 Å². The van der Waals surface area contributed by atoms with Crippen molar-refractivity contribution < 1.29 is 51.6 Å². The molecule has 8 aromatic rings. The summed E-state index contributed by atoms with van der Waals surface area (Å²) in [6, 6.07) is 39.4. The maximum atomic E-state index is 6.46. The molecule has 0 aliphatic rings. The van der Waals surface area contributed by atoms with Crippen LogP contribution in [0.3, 0.4) is 0 Å². The van der Waals surface area contributed by atoms with Crippen LogP contribution in [-0.4, -0.2) is 24.5 Å². The molecule has 0 amide bonds. The smallest absolute Gasteiger partial charge is 0.503 e. The van der Waals surface area contributed by atoms with Gasteiger partial charge in [0.05, 0.1) is 0 Å². The molecule has 0 atom stereocenters. The van der Waals surface area contributed by atoms with E-state index in [9.17, 15) is 0 Å². The Morgan fingerprint density at radius 3 is 1.37 bits per heavy atom. The van der Waals surface area contributed by atoms with Crippen LogP contribution in [0.25, 0.3) is 50.3 Å². The summed E-state index contributed by atoms with van der Waals surface area (Å²) in [6.45, 7) is 8.13. The van der Waals surface area contributed by atoms with Crippen LogP contribution in [0, 0.1) is 52.0 Å². The number of rotatable bonds is 7. The fourth-order valence-corrected chi connectivity index (χ4v) is 6.08. The third kappa shape index (κ3) is 7.02. The van der Waals surface area contributed by atoms with Crippen LogP contribution in [0.1, 0.15) is 22.3 Å². The molecular formula is C42H29N5O2Pt2. The Bertz CT molecular complexity index is 2330. The Hall–Kier alpha value is -4.96. The van der Waals surface area contributed by atoms with Gasteiger partial charge in [0.2, 0.25) is 5.95 Å². The molecule has 254 valence electrons. The molecule has 0 saturated carbocycles. The molecule has 8 rings (SSSR count). The van der Waals surface area contributed by atoms with Crippen molar-refractivity contribution in [3.63, 3.8) is 0 Å². The van der Waals surface area contributed by atoms with Crippen molar-refractivity contribution in [2.75, 3.05) is 0 Å². The van der Waals surface area contributed by atoms with Crippen LogP contribution in [-0.2, 0) is 42.1 Å². The van der Waals surface area contributed by atoms with Gasteiger partial charge in [-0.3, -0.25) is 0 Å². The van der Waals surface area contributed by atoms with Crippen molar-refractivity contribution in [1.29, 1.82) is 0 Å². The van der Waals surface area contributed by atoms with E-state index in [0.717, 1.165) is 66.6 Å². The second kappa shape index (κ2) is 15.1. The van der Waals surface area contributed by atoms with E-state index >= 15 is 0 Å². The predicted molar refractivity (Wildman–Crippen MR) is 190 cm³/mol. The molecule has 0 saturated heterocycles. The maximum absolute atomic E-state index is 6.46. The molecule has 4 aromatic carbocycles. The molecule has 0 bridgehead atoms. The molecule has 9 heteroatoms. The first-order chi connectivity index (χ1) is 23.9. The van der Waals surface area contributed by atoms with E-state index in [1.165, 1.54) is 0 Å². The number of aryl methyl sites for hydroxylation is 4. The molecule has 0 fully saturated rings. The Labute approximate surface area is 325 Å². The summed E-state index contributed by atoms with van der Waals surface area (Å²) in [7, 11) is 0. The molecule has 0 aliphatic heterocycles. The van der Waals surface area contributed by atoms with E-state index < -0.39 is 0 Å². The molecule has 4 aromatic heterocycles. The van der Waals surface area contributed by atoms with Crippen molar-refractivity contribution in [3.8, 4) is 51.5 Å². The van der Waals surface area contributed by atoms with Gasteiger partial charge in [-0.25, -0.2) is 9.97 Å². The average Bonchev–Trinajstić information content (AvgIpc) is 3.44. The minimum atomic E-state index is 0. The van der Waals surface area contributed by atoms with Crippen molar-refractivity contribution in [1.82, 2.24) is 24.5 Å². The molecule has 0 radical (unpaired) electrons. The van der Waals surface area contributed by atoms with Gasteiger partial charge in [0.25, 0.3) is 0 Å². The van der Waals surface area contributed by atoms with E-state index in [0.29, 0.717) is 28.9 Å². The third-order valence-electron chi connectivity index (χ3n) is 8.40. The van der Waals surface area contributed by atoms with Gasteiger partial charge in [-0.2, -0.15) is 22.9 Å². The average molecular weight is 1030 g/mol. The number of ether oxygens (including phenoxy) is 2. The van der Waals surface area contributed by atoms with Crippen molar-refractivity contribution >= 4 is 21.8 Å². The zero-order valence-corrected chi connectivity index (χ0v) is 32.5. The largest absolute Gasteiger partial charge is 2.00 e. The summed E-state index contributed by atoms with van der Waals surface area (Å²) in [5, 5.41) is 1.90. The number of nitrogens with zero attached hydrogens (tertiary/aromatic N) is 5. The molecule has 4 heterocycles. The number of benzene rings is 4. The van der Waals surface area contributed by atoms with Crippen LogP contribution in [0.4, 0.5) is 0 Å². The normalized spacial score (nSPS) is 10.8. The zero-order chi connectivity index (χ0) is 33.5. The molecule has 51 heavy (non-hydrogen) atoms. The van der Waals surface area contributed by atoms with Crippen LogP contribution >= 0.6 is 0 Å². The number of aromatic nitrogens is 5. The summed E-state index contributed by atoms with van der Waals surface area (Å²) < 4.78 is 14.8. The van der Waals surface area contributed by atoms with Gasteiger partial charge in [0.15, 0.2) is 0 Å². The number of pyridine rings is 2. The van der Waals surface area contributed by atoms with Gasteiger partial charge < -0.3 is 24.0 Å². The van der Waals surface area contributed by atoms with E-state index in [4.69, 9.17) is 9.47 Å². The molecule has 0 unspecified atom stereocenters. The zero-order valence-electron chi connectivity index (χ0n) is 28.0. The van der Waals surface area contributed by atoms with E-state index in [1.807, 2.05) is 79.1 Å². The first-order valence-electron chi connectivity index (χ1n) is 15.9. The SMILES string of the molecule is Cc1cc(C)c(-c2ccccn2)[c-]c1Oc1[c-]c2c(cc1)c1ccc(Oc3[c-]c(-c4ccccn4)c(C)cc3C)[c-]c1n2-c1ncccn1.[Pt+2].[Pt+2]. The van der Waals surface area contributed by atoms with Gasteiger partial charge in [-0.05, 0) is 29.6 Å². The first kappa shape index (κ1) is 35.8. The van der Waals surface area contributed by atoms with Gasteiger partial charge in [0.1, 0.15) is 0 Å². The molecule has 0 N–H and O–H groups in total. The Balaban J connectivity index is 0.00000224. The fraction of sp³-hybridized carbons (Fsp3) is 0.0952. The molecule has 7 nitrogen and oxygen atoms in total. The van der Waals surface area contributed by atoms with Crippen LogP contribution in [0.5, 0.6) is 23.0 Å². The molecular weight excluding hydrogens is 997 g/mol. The Morgan fingerprint density at radius 1 is 0.490 bits per heavy atom. The fourth-order valence-electron chi connectivity index (χ4n) is 6.08. The molecule has 0 spiro atoms. The standard InChI is InChI=1S/C42H29N5O2.2Pt/c1-26-20-28(3)40(24-34(26)36-10-5-7-16-43-36)48-30-12-14-32-33-15-13-31(23-39(33)47(38(32)22-30)42-45-18-9-19-46-42)49-41-25-35(27(2)21-29(41)4)37-11-6-8-17-44-37;;/h5-21H,1-4H3;;/q-4;2*+2. The van der Waals surface area contributed by atoms with Crippen LogP contribution < -0.4 is 9.47 Å². The topological polar surface area (TPSA) is 75.0 Å². The maximum Gasteiger partial charge on any atom is 2.00 e. The number of hydrogen-bond donors (Lipinski definition) is 0. The Morgan fingerprint density at radius 2 is 0.941 bits per heavy atom. The summed E-state index contributed by atoms with van der Waals surface area (Å²) in [6.07, 6.45) is 6.99. The summed E-state index contributed by atoms with van der Waals surface area (Å²) in [4.78, 5) is 18.2. The monoisotopic (exact) mass is 1030 g/mol. The second-order valence-electron chi connectivity index (χ2n) is 11.9. The number of hydrogen-bond acceptors (Lipinski definition) is 6. The summed E-state index contributed by atoms with van der Waals surface area (Å²) >= 11 is 0. The second-order valence-corrected chi connectivity index (χ2v) is 11.9. The quantitative estimate of drug-likeness (QED) is 0.148.